The molecule has 0 aliphatic carbocycles. The molecule has 0 aliphatic heterocycles. The molecule has 0 fully saturated rings. The van der Waals surface area contributed by atoms with E-state index in [0.717, 1.165) is 16.6 Å². The number of nitrogens with one attached hydrogen (secondary N) is 2. The number of esters is 1. The molecule has 0 bridgehead atoms. The van der Waals surface area contributed by atoms with Crippen LogP contribution in [0.3, 0.4) is 0 Å². The van der Waals surface area contributed by atoms with E-state index in [0.29, 0.717) is 16.5 Å². The van der Waals surface area contributed by atoms with Crippen LogP contribution in [0, 0.1) is 0 Å². The number of nitrogens with zero attached hydrogens (tertiary/aromatic N) is 4. The molecule has 2 aromatic carbocycles. The molecule has 150 valence electrons. The van der Waals surface area contributed by atoms with Gasteiger partial charge in [0, 0.05) is 0 Å². The molecule has 5 rings (SSSR count). The van der Waals surface area contributed by atoms with Gasteiger partial charge in [-0.2, -0.15) is 0 Å². The number of carbonyl (C=O) groups is 1. The number of aliphatic hydroxyl groups is 1. The molecule has 0 spiro atoms. The number of imidazole rings is 2. The van der Waals surface area contributed by atoms with Gasteiger partial charge in [0.2, 0.25) is 5.78 Å². The maximum Gasteiger partial charge on any atom is 0.345 e. The Morgan fingerprint density at radius 2 is 1.90 bits per heavy atom. The fraction of sp³-hybridized carbons (Fsp3) is 0.100. The summed E-state index contributed by atoms with van der Waals surface area (Å²) in [4.78, 5) is 24.3. The largest absolute Gasteiger partial charge is 0.510 e. The van der Waals surface area contributed by atoms with Gasteiger partial charge in [0.25, 0.3) is 0 Å². The third-order valence-electron chi connectivity index (χ3n) is 4.65. The van der Waals surface area contributed by atoms with E-state index in [1.54, 1.807) is 0 Å². The van der Waals surface area contributed by atoms with Gasteiger partial charge in [-0.1, -0.05) is 36.0 Å². The molecule has 30 heavy (non-hydrogen) atoms. The van der Waals surface area contributed by atoms with Crippen molar-refractivity contribution in [3.05, 3.63) is 60.1 Å². The van der Waals surface area contributed by atoms with Gasteiger partial charge in [-0.3, -0.25) is 4.40 Å². The molecule has 9 nitrogen and oxygen atoms in total. The highest BCUT2D eigenvalue weighted by atomic mass is 32.2. The van der Waals surface area contributed by atoms with Crippen LogP contribution in [0.1, 0.15) is 5.82 Å². The van der Waals surface area contributed by atoms with Crippen LogP contribution in [0.15, 0.2) is 59.4 Å². The topological polar surface area (TPSA) is 121 Å². The number of aromatic amines is 2. The minimum absolute atomic E-state index is 0.0107. The number of thioether (sulfide) groups is 1. The van der Waals surface area contributed by atoms with Gasteiger partial charge in [-0.25, -0.2) is 19.9 Å². The van der Waals surface area contributed by atoms with Crippen LogP contribution in [0.2, 0.25) is 0 Å². The number of aromatic nitrogens is 6. The zero-order valence-corrected chi connectivity index (χ0v) is 16.6. The summed E-state index contributed by atoms with van der Waals surface area (Å²) in [6.45, 7) is 0. The van der Waals surface area contributed by atoms with Crippen molar-refractivity contribution in [3.63, 3.8) is 0 Å². The summed E-state index contributed by atoms with van der Waals surface area (Å²) in [7, 11) is 1.26. The maximum atomic E-state index is 12.4. The predicted octanol–water partition coefficient (Wildman–Crippen LogP) is 3.32. The Balaban J connectivity index is 1.51. The summed E-state index contributed by atoms with van der Waals surface area (Å²) in [6.07, 6.45) is 0. The van der Waals surface area contributed by atoms with Crippen molar-refractivity contribution in [1.29, 1.82) is 0 Å². The lowest BCUT2D eigenvalue weighted by Gasteiger charge is -2.06. The molecular weight excluding hydrogens is 404 g/mol. The van der Waals surface area contributed by atoms with Gasteiger partial charge in [0.05, 0.1) is 34.9 Å². The van der Waals surface area contributed by atoms with E-state index < -0.39 is 5.97 Å². The zero-order valence-electron chi connectivity index (χ0n) is 15.8. The summed E-state index contributed by atoms with van der Waals surface area (Å²) in [5.74, 6) is 0.112. The number of para-hydroxylation sites is 4. The number of fused-ring (bicyclic) bond motifs is 4. The average molecular weight is 420 g/mol. The van der Waals surface area contributed by atoms with Crippen molar-refractivity contribution in [2.45, 2.75) is 5.16 Å². The highest BCUT2D eigenvalue weighted by molar-refractivity contribution is 7.99. The number of H-pyrrole nitrogens is 2. The van der Waals surface area contributed by atoms with Crippen molar-refractivity contribution < 1.29 is 14.6 Å². The number of aliphatic hydroxyl groups excluding tert-OH is 1. The van der Waals surface area contributed by atoms with E-state index in [1.807, 2.05) is 52.9 Å². The Bertz CT molecular complexity index is 1400. The molecule has 0 amide bonds. The molecule has 0 saturated carbocycles. The summed E-state index contributed by atoms with van der Waals surface area (Å²) < 4.78 is 6.74. The van der Waals surface area contributed by atoms with Gasteiger partial charge < -0.3 is 14.8 Å². The number of rotatable bonds is 5. The van der Waals surface area contributed by atoms with E-state index in [9.17, 15) is 9.90 Å². The van der Waals surface area contributed by atoms with Crippen LogP contribution in [0.25, 0.3) is 33.4 Å². The first-order valence-electron chi connectivity index (χ1n) is 9.05. The fourth-order valence-corrected chi connectivity index (χ4v) is 4.10. The van der Waals surface area contributed by atoms with Crippen LogP contribution in [-0.2, 0) is 9.53 Å². The lowest BCUT2D eigenvalue weighted by molar-refractivity contribution is -0.133. The van der Waals surface area contributed by atoms with Crippen molar-refractivity contribution in [2.75, 3.05) is 12.9 Å². The third-order valence-corrected chi connectivity index (χ3v) is 5.60. The summed E-state index contributed by atoms with van der Waals surface area (Å²) in [5.41, 5.74) is 3.17. The van der Waals surface area contributed by atoms with E-state index in [2.05, 4.69) is 25.1 Å². The molecule has 0 aliphatic rings. The van der Waals surface area contributed by atoms with E-state index in [1.165, 1.54) is 18.9 Å². The molecule has 0 radical (unpaired) electrons. The monoisotopic (exact) mass is 420 g/mol. The SMILES string of the molecule is COC(=O)/C(=C(/O)CSc1n[nH]c2nc3ccccc3n12)c1nc2ccccc2[nH]1. The quantitative estimate of drug-likeness (QED) is 0.173. The normalized spacial score (nSPS) is 12.6. The molecule has 0 saturated heterocycles. The van der Waals surface area contributed by atoms with Crippen LogP contribution < -0.4 is 0 Å². The second-order valence-electron chi connectivity index (χ2n) is 6.47. The molecule has 0 unspecified atom stereocenters. The van der Waals surface area contributed by atoms with Gasteiger partial charge in [0.15, 0.2) is 5.16 Å². The van der Waals surface area contributed by atoms with Gasteiger partial charge in [-0.15, -0.1) is 5.10 Å². The molecule has 5 aromatic rings. The highest BCUT2D eigenvalue weighted by Gasteiger charge is 2.23. The Labute approximate surface area is 173 Å². The second-order valence-corrected chi connectivity index (χ2v) is 7.41. The highest BCUT2D eigenvalue weighted by Crippen LogP contribution is 2.27. The summed E-state index contributed by atoms with van der Waals surface area (Å²) in [5, 5.41) is 18.5. The zero-order chi connectivity index (χ0) is 20.7. The molecule has 3 aromatic heterocycles. The number of benzene rings is 2. The number of hydrogen-bond acceptors (Lipinski definition) is 7. The van der Waals surface area contributed by atoms with Crippen LogP contribution >= 0.6 is 11.8 Å². The lowest BCUT2D eigenvalue weighted by Crippen LogP contribution is -2.10. The second kappa shape index (κ2) is 7.23. The van der Waals surface area contributed by atoms with E-state index in [-0.39, 0.29) is 22.9 Å². The van der Waals surface area contributed by atoms with E-state index >= 15 is 0 Å². The van der Waals surface area contributed by atoms with Crippen molar-refractivity contribution in [1.82, 2.24) is 29.5 Å². The smallest absolute Gasteiger partial charge is 0.345 e. The number of methoxy groups -OCH3 is 1. The fourth-order valence-electron chi connectivity index (χ4n) is 3.27. The predicted molar refractivity (Wildman–Crippen MR) is 113 cm³/mol. The van der Waals surface area contributed by atoms with Crippen LogP contribution in [-0.4, -0.2) is 53.5 Å². The minimum Gasteiger partial charge on any atom is -0.510 e. The van der Waals surface area contributed by atoms with Crippen LogP contribution in [0.4, 0.5) is 0 Å². The molecule has 0 atom stereocenters. The number of ether oxygens (including phenoxy) is 1. The Morgan fingerprint density at radius 1 is 1.13 bits per heavy atom. The first-order valence-corrected chi connectivity index (χ1v) is 10.0. The summed E-state index contributed by atoms with van der Waals surface area (Å²) >= 11 is 1.27. The van der Waals surface area contributed by atoms with E-state index in [4.69, 9.17) is 4.74 Å². The first-order chi connectivity index (χ1) is 14.7. The first kappa shape index (κ1) is 18.3. The van der Waals surface area contributed by atoms with Crippen molar-refractivity contribution >= 4 is 51.1 Å². The van der Waals surface area contributed by atoms with Gasteiger partial charge in [-0.05, 0) is 24.3 Å². The van der Waals surface area contributed by atoms with Gasteiger partial charge in [0.1, 0.15) is 17.2 Å². The Kier molecular flexibility index (Phi) is 4.40. The van der Waals surface area contributed by atoms with Crippen LogP contribution in [0.5, 0.6) is 0 Å². The summed E-state index contributed by atoms with van der Waals surface area (Å²) in [6, 6.07) is 15.1. The molecular formula is C20H16N6O3S. The standard InChI is InChI=1S/C20H16N6O3S/c1-29-18(28)16(17-21-11-6-2-3-7-12(11)22-17)15(27)10-30-20-25-24-19-23-13-8-4-5-9-14(13)26(19)20/h2-9,27H,10H2,1H3,(H,21,22)(H,23,24)/b16-15+. The van der Waals surface area contributed by atoms with Gasteiger partial charge >= 0.3 is 5.97 Å². The third kappa shape index (κ3) is 2.98. The van der Waals surface area contributed by atoms with Crippen molar-refractivity contribution in [3.8, 4) is 0 Å². The Morgan fingerprint density at radius 3 is 2.70 bits per heavy atom. The minimum atomic E-state index is -0.674. The molecule has 3 N–H and O–H groups in total. The number of carbonyl (C=O) groups excluding carboxylic acids is 1. The molecule has 10 heteroatoms. The number of hydrogen-bond donors (Lipinski definition) is 3. The lowest BCUT2D eigenvalue weighted by atomic mass is 10.2. The average Bonchev–Trinajstić information content (AvgIpc) is 3.45. The molecule has 3 heterocycles. The van der Waals surface area contributed by atoms with Crippen molar-refractivity contribution in [2.24, 2.45) is 0 Å². The maximum absolute atomic E-state index is 12.4. The Hall–Kier alpha value is -3.79.